The van der Waals surface area contributed by atoms with Gasteiger partial charge in [0, 0.05) is 26.1 Å². The van der Waals surface area contributed by atoms with Crippen molar-refractivity contribution >= 4 is 0 Å². The number of fused-ring (bicyclic) bond motifs is 1. The average molecular weight is 384 g/mol. The van der Waals surface area contributed by atoms with E-state index in [2.05, 4.69) is 9.88 Å². The highest BCUT2D eigenvalue weighted by Crippen LogP contribution is 2.45. The van der Waals surface area contributed by atoms with Crippen molar-refractivity contribution in [1.82, 2.24) is 9.88 Å². The van der Waals surface area contributed by atoms with E-state index in [4.69, 9.17) is 4.74 Å². The Morgan fingerprint density at radius 1 is 1.21 bits per heavy atom. The Labute approximate surface area is 165 Å². The van der Waals surface area contributed by atoms with Gasteiger partial charge in [0.15, 0.2) is 0 Å². The molecule has 6 heteroatoms. The Hall–Kier alpha value is -2.15. The Bertz CT molecular complexity index is 796. The van der Waals surface area contributed by atoms with Gasteiger partial charge in [-0.05, 0) is 54.5 Å². The summed E-state index contributed by atoms with van der Waals surface area (Å²) in [5.41, 5.74) is 1.02. The van der Waals surface area contributed by atoms with Gasteiger partial charge < -0.3 is 20.1 Å². The first-order valence-electron chi connectivity index (χ1n) is 9.85. The second-order valence-electron chi connectivity index (χ2n) is 8.36. The highest BCUT2D eigenvalue weighted by Gasteiger charge is 2.48. The zero-order chi connectivity index (χ0) is 19.7. The third-order valence-electron chi connectivity index (χ3n) is 6.15. The number of aromatic nitrogens is 1. The summed E-state index contributed by atoms with van der Waals surface area (Å²) in [5, 5.41) is 30.9. The number of pyridine rings is 1. The van der Waals surface area contributed by atoms with Crippen molar-refractivity contribution in [1.29, 1.82) is 0 Å². The van der Waals surface area contributed by atoms with E-state index in [9.17, 15) is 15.3 Å². The number of aromatic hydroxyl groups is 1. The number of benzene rings is 1. The summed E-state index contributed by atoms with van der Waals surface area (Å²) in [6, 6.07) is 11.1. The van der Waals surface area contributed by atoms with E-state index >= 15 is 0 Å². The molecule has 4 atom stereocenters. The van der Waals surface area contributed by atoms with E-state index in [1.807, 2.05) is 24.3 Å². The molecule has 1 aromatic carbocycles. The summed E-state index contributed by atoms with van der Waals surface area (Å²) < 4.78 is 5.29. The van der Waals surface area contributed by atoms with Crippen molar-refractivity contribution < 1.29 is 20.1 Å². The maximum atomic E-state index is 11.1. The molecule has 150 valence electrons. The molecule has 1 saturated heterocycles. The molecular weight excluding hydrogens is 356 g/mol. The number of hydrogen-bond acceptors (Lipinski definition) is 6. The highest BCUT2D eigenvalue weighted by molar-refractivity contribution is 5.30. The maximum absolute atomic E-state index is 11.1. The number of β-amino-alcohol motifs (C(OH)–C–C–N with tert-alkyl or cyclic N) is 1. The molecule has 2 aromatic rings. The van der Waals surface area contributed by atoms with Crippen LogP contribution in [0.2, 0.25) is 0 Å². The van der Waals surface area contributed by atoms with Gasteiger partial charge >= 0.3 is 0 Å². The molecule has 0 spiro atoms. The van der Waals surface area contributed by atoms with Gasteiger partial charge in [0.25, 0.3) is 0 Å². The minimum atomic E-state index is -0.671. The number of aliphatic hydroxyl groups is 2. The van der Waals surface area contributed by atoms with Gasteiger partial charge in [-0.3, -0.25) is 9.88 Å². The van der Waals surface area contributed by atoms with Crippen molar-refractivity contribution in [2.75, 3.05) is 26.7 Å². The smallest absolute Gasteiger partial charge is 0.133 e. The third-order valence-corrected chi connectivity index (χ3v) is 6.15. The predicted molar refractivity (Wildman–Crippen MR) is 105 cm³/mol. The predicted octanol–water partition coefficient (Wildman–Crippen LogP) is 2.14. The van der Waals surface area contributed by atoms with Gasteiger partial charge in [-0.1, -0.05) is 12.1 Å². The van der Waals surface area contributed by atoms with E-state index < -0.39 is 11.7 Å². The van der Waals surface area contributed by atoms with Crippen LogP contribution in [0.4, 0.5) is 0 Å². The lowest BCUT2D eigenvalue weighted by Crippen LogP contribution is -2.33. The van der Waals surface area contributed by atoms with Gasteiger partial charge in [0.1, 0.15) is 17.6 Å². The van der Waals surface area contributed by atoms with E-state index in [-0.39, 0.29) is 5.75 Å². The summed E-state index contributed by atoms with van der Waals surface area (Å²) in [6.45, 7) is 2.31. The van der Waals surface area contributed by atoms with Crippen molar-refractivity contribution in [3.63, 3.8) is 0 Å². The number of hydrogen-bond donors (Lipinski definition) is 3. The first kappa shape index (κ1) is 19.2. The largest absolute Gasteiger partial charge is 0.506 e. The first-order chi connectivity index (χ1) is 13.4. The lowest BCUT2D eigenvalue weighted by Gasteiger charge is -2.27. The molecule has 2 aliphatic rings. The Kier molecular flexibility index (Phi) is 5.27. The molecule has 6 nitrogen and oxygen atoms in total. The van der Waals surface area contributed by atoms with E-state index in [0.29, 0.717) is 30.5 Å². The minimum Gasteiger partial charge on any atom is -0.506 e. The van der Waals surface area contributed by atoms with Gasteiger partial charge in [-0.15, -0.1) is 0 Å². The van der Waals surface area contributed by atoms with E-state index in [0.717, 1.165) is 37.2 Å². The van der Waals surface area contributed by atoms with Crippen molar-refractivity contribution in [2.24, 2.45) is 11.8 Å². The fraction of sp³-hybridized carbons (Fsp3) is 0.500. The van der Waals surface area contributed by atoms with Crippen LogP contribution in [0, 0.1) is 11.8 Å². The molecule has 0 amide bonds. The fourth-order valence-electron chi connectivity index (χ4n) is 4.95. The molecule has 2 fully saturated rings. The number of likely N-dealkylation sites (tertiary alicyclic amines) is 1. The number of rotatable bonds is 6. The molecule has 4 rings (SSSR count). The van der Waals surface area contributed by atoms with Crippen LogP contribution in [0.5, 0.6) is 11.5 Å². The second-order valence-corrected chi connectivity index (χ2v) is 8.36. The third kappa shape index (κ3) is 4.14. The Morgan fingerprint density at radius 2 is 1.96 bits per heavy atom. The van der Waals surface area contributed by atoms with Crippen LogP contribution in [0.3, 0.4) is 0 Å². The zero-order valence-corrected chi connectivity index (χ0v) is 16.2. The quantitative estimate of drug-likeness (QED) is 0.708. The van der Waals surface area contributed by atoms with Crippen molar-refractivity contribution in [2.45, 2.75) is 31.0 Å². The standard InChI is InChI=1S/C22H28N2O4/c1-28-19-4-2-3-15(7-19)8-22(27)9-16-12-24(13-17(16)10-22)14-21(26)20-6-5-18(25)11-23-20/h2-7,11,16-17,21,25-27H,8-10,12-14H2,1H3/t16-,17?,21?,22?/m1/s1. The molecular formula is C22H28N2O4. The van der Waals surface area contributed by atoms with Gasteiger partial charge in [-0.2, -0.15) is 0 Å². The first-order valence-corrected chi connectivity index (χ1v) is 9.85. The van der Waals surface area contributed by atoms with Crippen LogP contribution in [0.1, 0.15) is 30.2 Å². The van der Waals surface area contributed by atoms with Crippen molar-refractivity contribution in [3.8, 4) is 11.5 Å². The van der Waals surface area contributed by atoms with Crippen molar-refractivity contribution in [3.05, 3.63) is 53.9 Å². The highest BCUT2D eigenvalue weighted by atomic mass is 16.5. The maximum Gasteiger partial charge on any atom is 0.133 e. The van der Waals surface area contributed by atoms with E-state index in [1.165, 1.54) is 6.20 Å². The second kappa shape index (κ2) is 7.70. The fourth-order valence-corrected chi connectivity index (χ4v) is 4.95. The number of aliphatic hydroxyl groups excluding tert-OH is 1. The lowest BCUT2D eigenvalue weighted by molar-refractivity contribution is 0.0326. The SMILES string of the molecule is COc1cccc(CC2(O)CC3CN(CC(O)c4ccc(O)cn4)C[C@H]3C2)c1. The van der Waals surface area contributed by atoms with Crippen LogP contribution in [-0.2, 0) is 6.42 Å². The summed E-state index contributed by atoms with van der Waals surface area (Å²) in [6.07, 6.45) is 2.92. The molecule has 3 N–H and O–H groups in total. The van der Waals surface area contributed by atoms with E-state index in [1.54, 1.807) is 19.2 Å². The molecule has 2 heterocycles. The Balaban J connectivity index is 1.33. The van der Waals surface area contributed by atoms with Gasteiger partial charge in [-0.25, -0.2) is 0 Å². The molecule has 0 radical (unpaired) electrons. The van der Waals surface area contributed by atoms with Crippen LogP contribution < -0.4 is 4.74 Å². The summed E-state index contributed by atoms with van der Waals surface area (Å²) in [7, 11) is 1.66. The molecule has 3 unspecified atom stereocenters. The summed E-state index contributed by atoms with van der Waals surface area (Å²) >= 11 is 0. The Morgan fingerprint density at radius 3 is 2.61 bits per heavy atom. The average Bonchev–Trinajstić information content (AvgIpc) is 3.16. The van der Waals surface area contributed by atoms with Crippen LogP contribution in [-0.4, -0.2) is 57.5 Å². The van der Waals surface area contributed by atoms with Gasteiger partial charge in [0.2, 0.25) is 0 Å². The summed E-state index contributed by atoms with van der Waals surface area (Å²) in [5.74, 6) is 1.83. The molecule has 1 saturated carbocycles. The molecule has 1 aliphatic carbocycles. The lowest BCUT2D eigenvalue weighted by atomic mass is 9.91. The monoisotopic (exact) mass is 384 g/mol. The minimum absolute atomic E-state index is 0.0991. The normalized spacial score (nSPS) is 28.2. The topological polar surface area (TPSA) is 86.1 Å². The molecule has 28 heavy (non-hydrogen) atoms. The van der Waals surface area contributed by atoms with Crippen LogP contribution in [0.25, 0.3) is 0 Å². The number of ether oxygens (including phenoxy) is 1. The number of methoxy groups -OCH3 is 1. The zero-order valence-electron chi connectivity index (χ0n) is 16.2. The molecule has 0 bridgehead atoms. The van der Waals surface area contributed by atoms with Gasteiger partial charge in [0.05, 0.1) is 24.6 Å². The molecule has 1 aliphatic heterocycles. The summed E-state index contributed by atoms with van der Waals surface area (Å²) in [4.78, 5) is 6.36. The molecule has 1 aromatic heterocycles. The number of nitrogens with zero attached hydrogens (tertiary/aromatic N) is 2. The van der Waals surface area contributed by atoms with Crippen LogP contribution in [0.15, 0.2) is 42.6 Å². The van der Waals surface area contributed by atoms with Crippen LogP contribution >= 0.6 is 0 Å².